The molecular formula is C26H22BrNO4. The maximum atomic E-state index is 13.1. The average Bonchev–Trinajstić information content (AvgIpc) is 3.05. The molecule has 1 amide bonds. The Balaban J connectivity index is 1.87. The fourth-order valence-corrected chi connectivity index (χ4v) is 4.03. The zero-order chi connectivity index (χ0) is 22.8. The van der Waals surface area contributed by atoms with Gasteiger partial charge in [0.25, 0.3) is 11.7 Å². The second-order valence-electron chi connectivity index (χ2n) is 7.75. The molecule has 0 aliphatic carbocycles. The minimum absolute atomic E-state index is 0.0215. The number of Topliss-reactive ketones (excluding diaryl/α,β-unsaturated/α-hetero) is 1. The molecule has 1 aliphatic rings. The Bertz CT molecular complexity index is 1170. The number of halogens is 1. The van der Waals surface area contributed by atoms with Gasteiger partial charge >= 0.3 is 0 Å². The van der Waals surface area contributed by atoms with Crippen molar-refractivity contribution in [3.63, 3.8) is 0 Å². The van der Waals surface area contributed by atoms with Crippen LogP contribution in [0.15, 0.2) is 88.9 Å². The van der Waals surface area contributed by atoms with Crippen molar-refractivity contribution in [3.05, 3.63) is 100 Å². The predicted octanol–water partition coefficient (Wildman–Crippen LogP) is 5.86. The summed E-state index contributed by atoms with van der Waals surface area (Å²) in [5, 5.41) is 11.1. The van der Waals surface area contributed by atoms with Gasteiger partial charge in [-0.2, -0.15) is 0 Å². The molecular weight excluding hydrogens is 470 g/mol. The molecule has 1 heterocycles. The van der Waals surface area contributed by atoms with Gasteiger partial charge in [-0.3, -0.25) is 14.5 Å². The average molecular weight is 492 g/mol. The molecule has 1 aliphatic heterocycles. The van der Waals surface area contributed by atoms with Gasteiger partial charge in [-0.25, -0.2) is 0 Å². The van der Waals surface area contributed by atoms with Crippen LogP contribution in [0.5, 0.6) is 5.75 Å². The maximum absolute atomic E-state index is 13.1. The van der Waals surface area contributed by atoms with E-state index in [0.29, 0.717) is 22.6 Å². The Morgan fingerprint density at radius 1 is 0.938 bits per heavy atom. The number of ketones is 1. The zero-order valence-corrected chi connectivity index (χ0v) is 19.2. The highest BCUT2D eigenvalue weighted by atomic mass is 79.9. The highest BCUT2D eigenvalue weighted by Crippen LogP contribution is 2.42. The molecule has 0 bridgehead atoms. The van der Waals surface area contributed by atoms with Crippen molar-refractivity contribution in [1.82, 2.24) is 0 Å². The van der Waals surface area contributed by atoms with Crippen molar-refractivity contribution < 1.29 is 19.4 Å². The number of aliphatic hydroxyl groups excluding tert-OH is 1. The lowest BCUT2D eigenvalue weighted by Gasteiger charge is -2.25. The van der Waals surface area contributed by atoms with Gasteiger partial charge in [-0.15, -0.1) is 0 Å². The number of hydrogen-bond acceptors (Lipinski definition) is 4. The highest BCUT2D eigenvalue weighted by molar-refractivity contribution is 9.10. The first-order chi connectivity index (χ1) is 15.4. The molecule has 1 saturated heterocycles. The van der Waals surface area contributed by atoms with Gasteiger partial charge in [-0.05, 0) is 55.8 Å². The van der Waals surface area contributed by atoms with Gasteiger partial charge in [0, 0.05) is 15.7 Å². The number of rotatable bonds is 5. The Morgan fingerprint density at radius 3 is 2.16 bits per heavy atom. The van der Waals surface area contributed by atoms with E-state index in [1.807, 2.05) is 32.0 Å². The molecule has 3 aromatic carbocycles. The number of hydrogen-bond donors (Lipinski definition) is 1. The molecule has 1 atom stereocenters. The number of aliphatic hydroxyl groups is 1. The molecule has 0 aromatic heterocycles. The predicted molar refractivity (Wildman–Crippen MR) is 128 cm³/mol. The first-order valence-electron chi connectivity index (χ1n) is 10.3. The van der Waals surface area contributed by atoms with E-state index >= 15 is 0 Å². The quantitative estimate of drug-likeness (QED) is 0.275. The summed E-state index contributed by atoms with van der Waals surface area (Å²) in [6, 6.07) is 22.4. The van der Waals surface area contributed by atoms with E-state index in [0.717, 1.165) is 4.47 Å². The minimum Gasteiger partial charge on any atom is -0.507 e. The third-order valence-corrected chi connectivity index (χ3v) is 5.69. The number of nitrogens with zero attached hydrogens (tertiary/aromatic N) is 1. The van der Waals surface area contributed by atoms with Crippen LogP contribution < -0.4 is 9.64 Å². The van der Waals surface area contributed by atoms with Crippen LogP contribution in [-0.4, -0.2) is 22.9 Å². The molecule has 3 aromatic rings. The maximum Gasteiger partial charge on any atom is 0.300 e. The number of ether oxygens (including phenoxy) is 1. The van der Waals surface area contributed by atoms with E-state index in [1.165, 1.54) is 4.90 Å². The first kappa shape index (κ1) is 21.8. The number of benzene rings is 3. The Labute approximate surface area is 195 Å². The van der Waals surface area contributed by atoms with Gasteiger partial charge in [0.1, 0.15) is 11.5 Å². The summed E-state index contributed by atoms with van der Waals surface area (Å²) in [5.41, 5.74) is 1.79. The summed E-state index contributed by atoms with van der Waals surface area (Å²) < 4.78 is 6.57. The summed E-state index contributed by atoms with van der Waals surface area (Å²) in [4.78, 5) is 27.7. The largest absolute Gasteiger partial charge is 0.507 e. The topological polar surface area (TPSA) is 66.8 Å². The Kier molecular flexibility index (Phi) is 6.15. The zero-order valence-electron chi connectivity index (χ0n) is 17.7. The second-order valence-corrected chi connectivity index (χ2v) is 8.66. The lowest BCUT2D eigenvalue weighted by molar-refractivity contribution is -0.132. The van der Waals surface area contributed by atoms with E-state index in [-0.39, 0.29) is 17.4 Å². The van der Waals surface area contributed by atoms with Crippen LogP contribution in [0.3, 0.4) is 0 Å². The number of amides is 1. The van der Waals surface area contributed by atoms with Crippen LogP contribution in [0.25, 0.3) is 5.76 Å². The van der Waals surface area contributed by atoms with E-state index in [1.54, 1.807) is 60.7 Å². The summed E-state index contributed by atoms with van der Waals surface area (Å²) >= 11 is 3.37. The first-order valence-corrected chi connectivity index (χ1v) is 11.0. The highest BCUT2D eigenvalue weighted by Gasteiger charge is 2.46. The monoisotopic (exact) mass is 491 g/mol. The van der Waals surface area contributed by atoms with Crippen molar-refractivity contribution in [3.8, 4) is 5.75 Å². The van der Waals surface area contributed by atoms with E-state index in [2.05, 4.69) is 15.9 Å². The van der Waals surface area contributed by atoms with Crippen molar-refractivity contribution in [1.29, 1.82) is 0 Å². The second kappa shape index (κ2) is 9.01. The Hall–Kier alpha value is -3.38. The van der Waals surface area contributed by atoms with Gasteiger partial charge in [0.15, 0.2) is 0 Å². The molecule has 6 heteroatoms. The van der Waals surface area contributed by atoms with Crippen LogP contribution >= 0.6 is 15.9 Å². The van der Waals surface area contributed by atoms with Crippen molar-refractivity contribution in [2.45, 2.75) is 26.0 Å². The molecule has 1 fully saturated rings. The minimum atomic E-state index is -0.769. The Morgan fingerprint density at radius 2 is 1.56 bits per heavy atom. The van der Waals surface area contributed by atoms with Crippen LogP contribution in [0.2, 0.25) is 0 Å². The van der Waals surface area contributed by atoms with E-state index in [4.69, 9.17) is 4.74 Å². The van der Waals surface area contributed by atoms with Gasteiger partial charge < -0.3 is 9.84 Å². The molecule has 0 spiro atoms. The van der Waals surface area contributed by atoms with Crippen molar-refractivity contribution >= 4 is 39.1 Å². The molecule has 0 radical (unpaired) electrons. The molecule has 32 heavy (non-hydrogen) atoms. The number of carbonyl (C=O) groups excluding carboxylic acids is 2. The fraction of sp³-hybridized carbons (Fsp3) is 0.154. The third kappa shape index (κ3) is 4.18. The number of carbonyl (C=O) groups is 2. The fourth-order valence-electron chi connectivity index (χ4n) is 3.77. The molecule has 1 N–H and O–H groups in total. The number of para-hydroxylation sites is 1. The summed E-state index contributed by atoms with van der Waals surface area (Å²) in [6.45, 7) is 3.88. The lowest BCUT2D eigenvalue weighted by atomic mass is 9.95. The van der Waals surface area contributed by atoms with Crippen LogP contribution in [-0.2, 0) is 9.59 Å². The SMILES string of the molecule is CC(C)Oc1ccc(C2/C(=C(/O)c3ccc(Br)cc3)C(=O)C(=O)N2c2ccccc2)cc1. The smallest absolute Gasteiger partial charge is 0.300 e. The van der Waals surface area contributed by atoms with E-state index < -0.39 is 17.7 Å². The number of anilines is 1. The van der Waals surface area contributed by atoms with Crippen LogP contribution in [0.4, 0.5) is 5.69 Å². The molecule has 0 saturated carbocycles. The van der Waals surface area contributed by atoms with Gasteiger partial charge in [0.2, 0.25) is 0 Å². The lowest BCUT2D eigenvalue weighted by Crippen LogP contribution is -2.29. The molecule has 162 valence electrons. The van der Waals surface area contributed by atoms with Crippen molar-refractivity contribution in [2.24, 2.45) is 0 Å². The summed E-state index contributed by atoms with van der Waals surface area (Å²) in [6.07, 6.45) is 0.0215. The third-order valence-electron chi connectivity index (χ3n) is 5.16. The van der Waals surface area contributed by atoms with Gasteiger partial charge in [-0.1, -0.05) is 58.4 Å². The van der Waals surface area contributed by atoms with Crippen LogP contribution in [0.1, 0.15) is 31.0 Å². The van der Waals surface area contributed by atoms with Crippen LogP contribution in [0, 0.1) is 0 Å². The normalized spacial score (nSPS) is 17.8. The summed E-state index contributed by atoms with van der Waals surface area (Å²) in [5.74, 6) is -0.917. The molecule has 1 unspecified atom stereocenters. The standard InChI is InChI=1S/C26H22BrNO4/c1-16(2)32-21-14-10-17(11-15-21)23-22(24(29)18-8-12-19(27)13-9-18)25(30)26(31)28(23)20-6-4-3-5-7-20/h3-16,23,29H,1-2H3/b24-22-. The molecule has 4 rings (SSSR count). The van der Waals surface area contributed by atoms with Gasteiger partial charge in [0.05, 0.1) is 17.7 Å². The van der Waals surface area contributed by atoms with E-state index in [9.17, 15) is 14.7 Å². The van der Waals surface area contributed by atoms with Crippen molar-refractivity contribution in [2.75, 3.05) is 4.90 Å². The summed E-state index contributed by atoms with van der Waals surface area (Å²) in [7, 11) is 0. The molecule has 5 nitrogen and oxygen atoms in total.